The van der Waals surface area contributed by atoms with Crippen molar-refractivity contribution in [2.24, 2.45) is 0 Å². The summed E-state index contributed by atoms with van der Waals surface area (Å²) in [6.07, 6.45) is -8.13. The van der Waals surface area contributed by atoms with Gasteiger partial charge < -0.3 is 35.2 Å². The largest absolute Gasteiger partial charge is 0.491 e. The molecule has 4 atom stereocenters. The minimum absolute atomic E-state index is 0.0727. The summed E-state index contributed by atoms with van der Waals surface area (Å²) >= 11 is 0. The highest BCUT2D eigenvalue weighted by Crippen LogP contribution is 2.28. The number of aromatic nitrogens is 2. The molecular formula is C24H24F3N3O6. The summed E-state index contributed by atoms with van der Waals surface area (Å²) in [5, 5.41) is 41.9. The normalized spacial score (nSPS) is 22.4. The maximum atomic E-state index is 12.8. The van der Waals surface area contributed by atoms with E-state index in [1.54, 1.807) is 36.4 Å². The Morgan fingerprint density at radius 3 is 2.22 bits per heavy atom. The van der Waals surface area contributed by atoms with Crippen LogP contribution in [0.1, 0.15) is 17.5 Å². The number of alkyl halides is 3. The molecule has 0 unspecified atom stereocenters. The Bertz CT molecular complexity index is 1150. The standard InChI is InChI=1S/C24H24F3N3O6/c25-24(26,27)19-9-28-10-20(30-19)29-17-11-36-18(22(32)21(17)31)12-35-16-7-5-14(6-8-16)13-1-3-15(4-2-13)23(33)34/h1-10,17-18,21-23,31-34H,11-12H2,(H,29,30)/t17-,18+,21+,22-/m0/s1. The van der Waals surface area contributed by atoms with Crippen molar-refractivity contribution in [3.8, 4) is 16.9 Å². The fraction of sp³-hybridized carbons (Fsp3) is 0.333. The van der Waals surface area contributed by atoms with Crippen LogP contribution >= 0.6 is 0 Å². The maximum absolute atomic E-state index is 12.8. The molecule has 5 N–H and O–H groups in total. The predicted octanol–water partition coefficient (Wildman–Crippen LogP) is 2.13. The Balaban J connectivity index is 1.31. The number of halogens is 3. The Labute approximate surface area is 203 Å². The van der Waals surface area contributed by atoms with Crippen molar-refractivity contribution in [3.63, 3.8) is 0 Å². The molecule has 36 heavy (non-hydrogen) atoms. The molecule has 1 saturated heterocycles. The van der Waals surface area contributed by atoms with Gasteiger partial charge in [-0.1, -0.05) is 36.4 Å². The average Bonchev–Trinajstić information content (AvgIpc) is 2.86. The Morgan fingerprint density at radius 1 is 0.972 bits per heavy atom. The Kier molecular flexibility index (Phi) is 7.71. The third-order valence-electron chi connectivity index (χ3n) is 5.70. The van der Waals surface area contributed by atoms with Crippen LogP contribution in [-0.2, 0) is 10.9 Å². The lowest BCUT2D eigenvalue weighted by Crippen LogP contribution is -2.57. The number of rotatable bonds is 7. The zero-order chi connectivity index (χ0) is 25.9. The summed E-state index contributed by atoms with van der Waals surface area (Å²) in [5.74, 6) is 0.285. The van der Waals surface area contributed by atoms with Crippen LogP contribution in [0.3, 0.4) is 0 Å². The third-order valence-corrected chi connectivity index (χ3v) is 5.70. The fourth-order valence-corrected chi connectivity index (χ4v) is 3.69. The molecule has 12 heteroatoms. The predicted molar refractivity (Wildman–Crippen MR) is 121 cm³/mol. The summed E-state index contributed by atoms with van der Waals surface area (Å²) in [6.45, 7) is -0.182. The summed E-state index contributed by atoms with van der Waals surface area (Å²) in [5.41, 5.74) is 0.936. The summed E-state index contributed by atoms with van der Waals surface area (Å²) in [4.78, 5) is 6.94. The highest BCUT2D eigenvalue weighted by Gasteiger charge is 2.39. The van der Waals surface area contributed by atoms with Crippen LogP contribution < -0.4 is 10.1 Å². The highest BCUT2D eigenvalue weighted by molar-refractivity contribution is 5.64. The number of nitrogens with one attached hydrogen (secondary N) is 1. The van der Waals surface area contributed by atoms with E-state index in [2.05, 4.69) is 15.3 Å². The van der Waals surface area contributed by atoms with Crippen molar-refractivity contribution < 1.29 is 43.1 Å². The van der Waals surface area contributed by atoms with Crippen molar-refractivity contribution in [2.75, 3.05) is 18.5 Å². The zero-order valence-electron chi connectivity index (χ0n) is 18.7. The van der Waals surface area contributed by atoms with Crippen molar-refractivity contribution >= 4 is 5.82 Å². The van der Waals surface area contributed by atoms with E-state index in [1.165, 1.54) is 0 Å². The molecule has 2 aromatic carbocycles. The van der Waals surface area contributed by atoms with Crippen molar-refractivity contribution in [2.45, 2.75) is 36.8 Å². The molecule has 0 bridgehead atoms. The number of aliphatic hydroxyl groups is 4. The molecule has 0 amide bonds. The van der Waals surface area contributed by atoms with E-state index in [-0.39, 0.29) is 19.0 Å². The monoisotopic (exact) mass is 507 g/mol. The minimum Gasteiger partial charge on any atom is -0.491 e. The van der Waals surface area contributed by atoms with Crippen LogP contribution in [0.25, 0.3) is 11.1 Å². The molecule has 0 spiro atoms. The molecule has 0 saturated carbocycles. The highest BCUT2D eigenvalue weighted by atomic mass is 19.4. The number of anilines is 1. The second kappa shape index (κ2) is 10.8. The zero-order valence-corrected chi connectivity index (χ0v) is 18.7. The number of hydrogen-bond acceptors (Lipinski definition) is 9. The van der Waals surface area contributed by atoms with Crippen LogP contribution in [-0.4, -0.2) is 68.0 Å². The Hall–Kier alpha value is -3.29. The lowest BCUT2D eigenvalue weighted by Gasteiger charge is -2.37. The van der Waals surface area contributed by atoms with E-state index in [0.29, 0.717) is 17.5 Å². The summed E-state index contributed by atoms with van der Waals surface area (Å²) < 4.78 is 49.8. The first-order valence-corrected chi connectivity index (χ1v) is 10.9. The molecule has 3 aromatic rings. The van der Waals surface area contributed by atoms with Gasteiger partial charge in [0.15, 0.2) is 12.0 Å². The number of hydrogen-bond donors (Lipinski definition) is 5. The molecule has 1 aliphatic heterocycles. The molecule has 0 aliphatic carbocycles. The van der Waals surface area contributed by atoms with Gasteiger partial charge in [0, 0.05) is 5.56 Å². The van der Waals surface area contributed by atoms with Gasteiger partial charge >= 0.3 is 6.18 Å². The van der Waals surface area contributed by atoms with Gasteiger partial charge in [0.05, 0.1) is 25.0 Å². The van der Waals surface area contributed by atoms with Gasteiger partial charge in [-0.15, -0.1) is 0 Å². The van der Waals surface area contributed by atoms with Gasteiger partial charge in [0.25, 0.3) is 0 Å². The molecule has 1 aliphatic rings. The Morgan fingerprint density at radius 2 is 1.61 bits per heavy atom. The molecule has 0 radical (unpaired) electrons. The molecule has 1 fully saturated rings. The molecule has 2 heterocycles. The van der Waals surface area contributed by atoms with Crippen LogP contribution in [0.4, 0.5) is 19.0 Å². The van der Waals surface area contributed by atoms with Crippen LogP contribution in [0.5, 0.6) is 5.75 Å². The van der Waals surface area contributed by atoms with Crippen LogP contribution in [0.2, 0.25) is 0 Å². The second-order valence-electron chi connectivity index (χ2n) is 8.22. The summed E-state index contributed by atoms with van der Waals surface area (Å²) in [6, 6.07) is 12.9. The van der Waals surface area contributed by atoms with E-state index in [4.69, 9.17) is 9.47 Å². The number of aliphatic hydroxyl groups excluding tert-OH is 3. The molecule has 4 rings (SSSR count). The third kappa shape index (κ3) is 6.09. The molecule has 1 aromatic heterocycles. The second-order valence-corrected chi connectivity index (χ2v) is 8.22. The maximum Gasteiger partial charge on any atom is 0.434 e. The van der Waals surface area contributed by atoms with E-state index in [9.17, 15) is 33.6 Å². The lowest BCUT2D eigenvalue weighted by atomic mass is 9.98. The minimum atomic E-state index is -4.67. The average molecular weight is 507 g/mol. The van der Waals surface area contributed by atoms with Crippen LogP contribution in [0, 0.1) is 0 Å². The van der Waals surface area contributed by atoms with Gasteiger partial charge in [-0.2, -0.15) is 13.2 Å². The van der Waals surface area contributed by atoms with Crippen molar-refractivity contribution in [1.82, 2.24) is 9.97 Å². The van der Waals surface area contributed by atoms with Gasteiger partial charge in [0.2, 0.25) is 0 Å². The number of benzene rings is 2. The van der Waals surface area contributed by atoms with E-state index in [1.807, 2.05) is 12.1 Å². The number of ether oxygens (including phenoxy) is 2. The number of nitrogens with zero attached hydrogens (tertiary/aromatic N) is 2. The van der Waals surface area contributed by atoms with E-state index >= 15 is 0 Å². The molecule has 192 valence electrons. The molecular weight excluding hydrogens is 483 g/mol. The lowest BCUT2D eigenvalue weighted by molar-refractivity contribution is -0.150. The van der Waals surface area contributed by atoms with E-state index < -0.39 is 42.5 Å². The fourth-order valence-electron chi connectivity index (χ4n) is 3.69. The SMILES string of the molecule is OC(O)c1ccc(-c2ccc(OC[C@H]3OC[C@H](Nc4cncc(C(F)(F)F)n4)[C@@H](O)[C@H]3O)cc2)cc1. The van der Waals surface area contributed by atoms with Gasteiger partial charge in [-0.05, 0) is 23.3 Å². The van der Waals surface area contributed by atoms with Gasteiger partial charge in [-0.3, -0.25) is 4.98 Å². The van der Waals surface area contributed by atoms with Crippen molar-refractivity contribution in [1.29, 1.82) is 0 Å². The first-order valence-electron chi connectivity index (χ1n) is 10.9. The first kappa shape index (κ1) is 25.8. The van der Waals surface area contributed by atoms with Gasteiger partial charge in [-0.25, -0.2) is 4.98 Å². The quantitative estimate of drug-likeness (QED) is 0.305. The van der Waals surface area contributed by atoms with Crippen molar-refractivity contribution in [3.05, 3.63) is 72.2 Å². The first-order chi connectivity index (χ1) is 17.1. The van der Waals surface area contributed by atoms with E-state index in [0.717, 1.165) is 17.3 Å². The van der Waals surface area contributed by atoms with Gasteiger partial charge in [0.1, 0.15) is 36.5 Å². The molecule has 9 nitrogen and oxygen atoms in total. The van der Waals surface area contributed by atoms with Crippen LogP contribution in [0.15, 0.2) is 60.9 Å². The topological polar surface area (TPSA) is 137 Å². The summed E-state index contributed by atoms with van der Waals surface area (Å²) in [7, 11) is 0. The smallest absolute Gasteiger partial charge is 0.434 e.